The largest absolute Gasteiger partial charge is 0.336 e. The zero-order chi connectivity index (χ0) is 21.1. The number of anilines is 1. The van der Waals surface area contributed by atoms with Gasteiger partial charge in [-0.3, -0.25) is 19.5 Å². The number of aromatic nitrogens is 5. The molecular weight excluding hydrogens is 382 g/mol. The lowest BCUT2D eigenvalue weighted by Crippen LogP contribution is -2.50. The monoisotopic (exact) mass is 401 g/mol. The van der Waals surface area contributed by atoms with Gasteiger partial charge in [0.25, 0.3) is 11.8 Å². The van der Waals surface area contributed by atoms with Crippen LogP contribution in [-0.2, 0) is 17.6 Å². The normalized spacial score (nSPS) is 18.3. The molecule has 9 heteroatoms. The number of benzene rings is 1. The van der Waals surface area contributed by atoms with Crippen LogP contribution in [-0.4, -0.2) is 50.1 Å². The minimum Gasteiger partial charge on any atom is -0.336 e. The first-order chi connectivity index (χ1) is 14.6. The lowest BCUT2D eigenvalue weighted by Gasteiger charge is -2.23. The van der Waals surface area contributed by atoms with Crippen LogP contribution in [0.2, 0.25) is 0 Å². The van der Waals surface area contributed by atoms with Crippen molar-refractivity contribution in [2.45, 2.75) is 18.9 Å². The van der Waals surface area contributed by atoms with Crippen LogP contribution in [0.1, 0.15) is 27.7 Å². The average Bonchev–Trinajstić information content (AvgIpc) is 3.21. The number of aromatic amines is 1. The van der Waals surface area contributed by atoms with Crippen LogP contribution in [0.3, 0.4) is 0 Å². The summed E-state index contributed by atoms with van der Waals surface area (Å²) in [6.45, 7) is 0. The van der Waals surface area contributed by atoms with Gasteiger partial charge >= 0.3 is 0 Å². The van der Waals surface area contributed by atoms with E-state index >= 15 is 0 Å². The second kappa shape index (κ2) is 8.13. The fourth-order valence-electron chi connectivity index (χ4n) is 3.39. The van der Waals surface area contributed by atoms with Gasteiger partial charge in [0.05, 0.1) is 11.6 Å². The van der Waals surface area contributed by atoms with Crippen molar-refractivity contribution in [3.63, 3.8) is 0 Å². The first-order valence-corrected chi connectivity index (χ1v) is 9.36. The number of H-pyrrole nitrogens is 1. The van der Waals surface area contributed by atoms with Gasteiger partial charge in [0.2, 0.25) is 5.82 Å². The molecule has 0 saturated carbocycles. The molecule has 0 aliphatic carbocycles. The standard InChI is InChI=1S/C21H19N7O2/c1-3-14-12-15-19(23-10-9-22-15)28(2)21(30)17(14)25-20(29)18-24-16(26-27-18)11-13-7-5-4-6-8-13/h1,4-10,14,17H,11-12H2,2H3,(H,25,29)(H,24,26,27)/t14-,17-/m1/s1. The van der Waals surface area contributed by atoms with Gasteiger partial charge in [-0.15, -0.1) is 22.5 Å². The highest BCUT2D eigenvalue weighted by atomic mass is 16.2. The van der Waals surface area contributed by atoms with E-state index in [0.717, 1.165) is 5.56 Å². The summed E-state index contributed by atoms with van der Waals surface area (Å²) in [5.74, 6) is 2.11. The number of nitrogens with zero attached hydrogens (tertiary/aromatic N) is 5. The van der Waals surface area contributed by atoms with E-state index in [0.29, 0.717) is 30.2 Å². The molecule has 1 aliphatic rings. The Morgan fingerprint density at radius 2 is 2.03 bits per heavy atom. The van der Waals surface area contributed by atoms with E-state index in [-0.39, 0.29) is 11.7 Å². The predicted molar refractivity (Wildman–Crippen MR) is 108 cm³/mol. The van der Waals surface area contributed by atoms with Crippen molar-refractivity contribution < 1.29 is 9.59 Å². The minimum absolute atomic E-state index is 0.0187. The van der Waals surface area contributed by atoms with Crippen molar-refractivity contribution >= 4 is 17.6 Å². The van der Waals surface area contributed by atoms with Crippen LogP contribution < -0.4 is 10.2 Å². The van der Waals surface area contributed by atoms with E-state index in [9.17, 15) is 9.59 Å². The van der Waals surface area contributed by atoms with Gasteiger partial charge in [0, 0.05) is 32.3 Å². The number of hydrogen-bond acceptors (Lipinski definition) is 6. The quantitative estimate of drug-likeness (QED) is 0.623. The van der Waals surface area contributed by atoms with Gasteiger partial charge < -0.3 is 10.3 Å². The van der Waals surface area contributed by atoms with Gasteiger partial charge in [-0.2, -0.15) is 0 Å². The van der Waals surface area contributed by atoms with Crippen molar-refractivity contribution in [3.05, 3.63) is 65.6 Å². The molecule has 9 nitrogen and oxygen atoms in total. The first-order valence-electron chi connectivity index (χ1n) is 9.36. The number of carbonyl (C=O) groups excluding carboxylic acids is 2. The number of fused-ring (bicyclic) bond motifs is 1. The summed E-state index contributed by atoms with van der Waals surface area (Å²) in [5, 5.41) is 10.7. The van der Waals surface area contributed by atoms with Crippen LogP contribution >= 0.6 is 0 Å². The Kier molecular flexibility index (Phi) is 5.22. The Hall–Kier alpha value is -4.06. The molecule has 30 heavy (non-hydrogen) atoms. The summed E-state index contributed by atoms with van der Waals surface area (Å²) in [6, 6.07) is 8.75. The topological polar surface area (TPSA) is 117 Å². The number of terminal acetylenes is 1. The molecule has 0 bridgehead atoms. The highest BCUT2D eigenvalue weighted by Crippen LogP contribution is 2.25. The number of amides is 2. The van der Waals surface area contributed by atoms with E-state index in [4.69, 9.17) is 6.42 Å². The highest BCUT2D eigenvalue weighted by Gasteiger charge is 2.37. The lowest BCUT2D eigenvalue weighted by molar-refractivity contribution is -0.120. The second-order valence-electron chi connectivity index (χ2n) is 6.93. The third-order valence-electron chi connectivity index (χ3n) is 4.95. The molecule has 2 N–H and O–H groups in total. The predicted octanol–water partition coefficient (Wildman–Crippen LogP) is 0.752. The molecule has 3 aromatic rings. The molecule has 3 heterocycles. The smallest absolute Gasteiger partial charge is 0.289 e. The van der Waals surface area contributed by atoms with E-state index in [1.807, 2.05) is 30.3 Å². The van der Waals surface area contributed by atoms with Crippen molar-refractivity contribution in [2.75, 3.05) is 11.9 Å². The molecule has 1 aliphatic heterocycles. The molecule has 0 fully saturated rings. The van der Waals surface area contributed by atoms with Crippen LogP contribution in [0.4, 0.5) is 5.82 Å². The van der Waals surface area contributed by atoms with Gasteiger partial charge in [-0.25, -0.2) is 4.98 Å². The number of rotatable bonds is 4. The number of likely N-dealkylation sites (N-methyl/N-ethyl adjacent to an activating group) is 1. The summed E-state index contributed by atoms with van der Waals surface area (Å²) in [6.07, 6.45) is 9.56. The molecule has 2 atom stereocenters. The maximum absolute atomic E-state index is 13.0. The minimum atomic E-state index is -0.939. The Labute approximate surface area is 173 Å². The fourth-order valence-corrected chi connectivity index (χ4v) is 3.39. The highest BCUT2D eigenvalue weighted by molar-refractivity contribution is 6.01. The van der Waals surface area contributed by atoms with Crippen LogP contribution in [0, 0.1) is 18.3 Å². The molecule has 2 amide bonds. The molecule has 0 saturated heterocycles. The first kappa shape index (κ1) is 19.3. The molecule has 4 rings (SSSR count). The number of nitrogens with one attached hydrogen (secondary N) is 2. The van der Waals surface area contributed by atoms with Gasteiger partial charge in [-0.05, 0) is 5.56 Å². The Morgan fingerprint density at radius 1 is 1.27 bits per heavy atom. The maximum atomic E-state index is 13.0. The van der Waals surface area contributed by atoms with Crippen molar-refractivity contribution in [2.24, 2.45) is 5.92 Å². The molecule has 1 aromatic carbocycles. The Morgan fingerprint density at radius 3 is 2.80 bits per heavy atom. The van der Waals surface area contributed by atoms with Crippen molar-refractivity contribution in [3.8, 4) is 12.3 Å². The molecule has 2 aromatic heterocycles. The summed E-state index contributed by atoms with van der Waals surface area (Å²) in [4.78, 5) is 38.5. The molecule has 0 radical (unpaired) electrons. The summed E-state index contributed by atoms with van der Waals surface area (Å²) in [5.41, 5.74) is 1.64. The van der Waals surface area contributed by atoms with E-state index in [1.54, 1.807) is 13.2 Å². The molecule has 0 spiro atoms. The van der Waals surface area contributed by atoms with Crippen LogP contribution in [0.5, 0.6) is 0 Å². The zero-order valence-electron chi connectivity index (χ0n) is 16.2. The number of carbonyl (C=O) groups is 2. The Bertz CT molecular complexity index is 1120. The maximum Gasteiger partial charge on any atom is 0.289 e. The van der Waals surface area contributed by atoms with Crippen molar-refractivity contribution in [1.82, 2.24) is 30.5 Å². The Balaban J connectivity index is 1.52. The van der Waals surface area contributed by atoms with Gasteiger partial charge in [0.15, 0.2) is 5.82 Å². The van der Waals surface area contributed by atoms with E-state index in [2.05, 4.69) is 36.4 Å². The van der Waals surface area contributed by atoms with E-state index in [1.165, 1.54) is 11.1 Å². The van der Waals surface area contributed by atoms with Crippen molar-refractivity contribution in [1.29, 1.82) is 0 Å². The van der Waals surface area contributed by atoms with Crippen LogP contribution in [0.15, 0.2) is 42.7 Å². The number of hydrogen-bond donors (Lipinski definition) is 2. The molecule has 150 valence electrons. The second-order valence-corrected chi connectivity index (χ2v) is 6.93. The average molecular weight is 401 g/mol. The SMILES string of the molecule is C#C[C@@H]1Cc2nccnc2N(C)C(=O)[C@@H]1NC(=O)c1nnc(Cc2ccccc2)[nH]1. The lowest BCUT2D eigenvalue weighted by atomic mass is 9.95. The summed E-state index contributed by atoms with van der Waals surface area (Å²) >= 11 is 0. The summed E-state index contributed by atoms with van der Waals surface area (Å²) < 4.78 is 0. The van der Waals surface area contributed by atoms with Gasteiger partial charge in [-0.1, -0.05) is 30.3 Å². The molecule has 0 unspecified atom stereocenters. The summed E-state index contributed by atoms with van der Waals surface area (Å²) in [7, 11) is 1.58. The third-order valence-corrected chi connectivity index (χ3v) is 4.95. The van der Waals surface area contributed by atoms with Gasteiger partial charge in [0.1, 0.15) is 11.9 Å². The molecular formula is C21H19N7O2. The third kappa shape index (κ3) is 3.75. The zero-order valence-corrected chi connectivity index (χ0v) is 16.2. The van der Waals surface area contributed by atoms with E-state index < -0.39 is 17.9 Å². The fraction of sp³-hybridized carbons (Fsp3) is 0.238. The van der Waals surface area contributed by atoms with Crippen LogP contribution in [0.25, 0.3) is 0 Å².